The van der Waals surface area contributed by atoms with Crippen LogP contribution in [0.4, 0.5) is 11.4 Å². The fourth-order valence-corrected chi connectivity index (χ4v) is 3.94. The molecule has 27 heavy (non-hydrogen) atoms. The Hall–Kier alpha value is -3.23. The highest BCUT2D eigenvalue weighted by Gasteiger charge is 2.13. The summed E-state index contributed by atoms with van der Waals surface area (Å²) in [6, 6.07) is 14.0. The highest BCUT2D eigenvalue weighted by Crippen LogP contribution is 2.28. The zero-order valence-electron chi connectivity index (χ0n) is 13.8. The largest absolute Gasteiger partial charge is 0.459 e. The monoisotopic (exact) mass is 395 g/mol. The van der Waals surface area contributed by atoms with E-state index in [0.29, 0.717) is 17.1 Å². The average molecular weight is 395 g/mol. The number of amides is 2. The number of aromatic nitrogens is 1. The van der Waals surface area contributed by atoms with Crippen molar-refractivity contribution in [1.82, 2.24) is 4.98 Å². The minimum Gasteiger partial charge on any atom is -0.459 e. The van der Waals surface area contributed by atoms with Crippen LogP contribution in [-0.4, -0.2) is 16.8 Å². The zero-order valence-corrected chi connectivity index (χ0v) is 15.5. The number of rotatable bonds is 5. The lowest BCUT2D eigenvalue weighted by Gasteiger charge is -2.06. The molecular formula is C19H13N3O3S2. The first-order chi connectivity index (χ1) is 13.2. The second-order valence-electron chi connectivity index (χ2n) is 5.48. The molecule has 0 aliphatic rings. The van der Waals surface area contributed by atoms with Gasteiger partial charge in [-0.2, -0.15) is 0 Å². The second kappa shape index (κ2) is 7.56. The SMILES string of the molecule is O=C(Nc1ccc(NC(=O)c2ccco2)cc1)c1csc(-c2cccs2)n1. The Morgan fingerprint density at radius 1 is 0.889 bits per heavy atom. The van der Waals surface area contributed by atoms with Gasteiger partial charge in [0, 0.05) is 16.8 Å². The first-order valence-corrected chi connectivity index (χ1v) is 9.70. The van der Waals surface area contributed by atoms with Gasteiger partial charge in [-0.05, 0) is 47.8 Å². The molecule has 6 nitrogen and oxygen atoms in total. The molecule has 0 aliphatic heterocycles. The molecule has 0 saturated heterocycles. The molecule has 0 aliphatic carbocycles. The van der Waals surface area contributed by atoms with Gasteiger partial charge in [-0.25, -0.2) is 4.98 Å². The molecule has 3 aromatic heterocycles. The lowest BCUT2D eigenvalue weighted by Crippen LogP contribution is -2.13. The quantitative estimate of drug-likeness (QED) is 0.500. The van der Waals surface area contributed by atoms with Crippen LogP contribution in [0.2, 0.25) is 0 Å². The van der Waals surface area contributed by atoms with Crippen LogP contribution < -0.4 is 10.6 Å². The Bertz CT molecular complexity index is 1050. The van der Waals surface area contributed by atoms with E-state index in [9.17, 15) is 9.59 Å². The normalized spacial score (nSPS) is 10.5. The highest BCUT2D eigenvalue weighted by molar-refractivity contribution is 7.20. The van der Waals surface area contributed by atoms with Crippen molar-refractivity contribution in [3.05, 3.63) is 77.0 Å². The van der Waals surface area contributed by atoms with E-state index in [1.807, 2.05) is 17.5 Å². The summed E-state index contributed by atoms with van der Waals surface area (Å²) in [6.07, 6.45) is 1.44. The van der Waals surface area contributed by atoms with Gasteiger partial charge >= 0.3 is 0 Å². The third-order valence-electron chi connectivity index (χ3n) is 3.61. The molecule has 0 saturated carbocycles. The lowest BCUT2D eigenvalue weighted by molar-refractivity contribution is 0.0994. The smallest absolute Gasteiger partial charge is 0.291 e. The van der Waals surface area contributed by atoms with E-state index < -0.39 is 0 Å². The van der Waals surface area contributed by atoms with E-state index in [-0.39, 0.29) is 17.6 Å². The number of anilines is 2. The molecular weight excluding hydrogens is 382 g/mol. The maximum absolute atomic E-state index is 12.4. The second-order valence-corrected chi connectivity index (χ2v) is 7.28. The van der Waals surface area contributed by atoms with Crippen molar-refractivity contribution in [2.24, 2.45) is 0 Å². The minimum absolute atomic E-state index is 0.234. The summed E-state index contributed by atoms with van der Waals surface area (Å²) < 4.78 is 5.05. The minimum atomic E-state index is -0.333. The Morgan fingerprint density at radius 3 is 2.26 bits per heavy atom. The molecule has 0 fully saturated rings. The summed E-state index contributed by atoms with van der Waals surface area (Å²) in [5.74, 6) is -0.376. The van der Waals surface area contributed by atoms with Gasteiger partial charge in [0.25, 0.3) is 11.8 Å². The number of carbonyl (C=O) groups is 2. The van der Waals surface area contributed by atoms with Crippen molar-refractivity contribution in [2.45, 2.75) is 0 Å². The molecule has 0 spiro atoms. The number of carbonyl (C=O) groups excluding carboxylic acids is 2. The van der Waals surface area contributed by atoms with Gasteiger partial charge < -0.3 is 15.1 Å². The predicted octanol–water partition coefficient (Wildman–Crippen LogP) is 4.97. The maximum Gasteiger partial charge on any atom is 0.291 e. The fourth-order valence-electron chi connectivity index (χ4n) is 2.32. The van der Waals surface area contributed by atoms with Crippen LogP contribution in [0.15, 0.2) is 70.0 Å². The Morgan fingerprint density at radius 2 is 1.63 bits per heavy atom. The van der Waals surface area contributed by atoms with Crippen LogP contribution in [0.5, 0.6) is 0 Å². The summed E-state index contributed by atoms with van der Waals surface area (Å²) in [5.41, 5.74) is 1.59. The molecule has 0 unspecified atom stereocenters. The molecule has 4 rings (SSSR count). The maximum atomic E-state index is 12.4. The number of thiophene rings is 1. The van der Waals surface area contributed by atoms with Gasteiger partial charge in [-0.15, -0.1) is 22.7 Å². The van der Waals surface area contributed by atoms with E-state index in [4.69, 9.17) is 4.42 Å². The Kier molecular flexibility index (Phi) is 4.82. The van der Waals surface area contributed by atoms with Gasteiger partial charge in [0.1, 0.15) is 10.7 Å². The topological polar surface area (TPSA) is 84.2 Å². The summed E-state index contributed by atoms with van der Waals surface area (Å²) in [7, 11) is 0. The van der Waals surface area contributed by atoms with Gasteiger partial charge in [0.2, 0.25) is 0 Å². The van der Waals surface area contributed by atoms with E-state index in [1.165, 1.54) is 17.6 Å². The van der Waals surface area contributed by atoms with Crippen molar-refractivity contribution in [3.8, 4) is 9.88 Å². The first-order valence-electron chi connectivity index (χ1n) is 7.95. The summed E-state index contributed by atoms with van der Waals surface area (Å²) in [5, 5.41) is 10.1. The van der Waals surface area contributed by atoms with Crippen molar-refractivity contribution < 1.29 is 14.0 Å². The van der Waals surface area contributed by atoms with Crippen LogP contribution in [-0.2, 0) is 0 Å². The molecule has 4 aromatic rings. The number of hydrogen-bond acceptors (Lipinski definition) is 6. The lowest BCUT2D eigenvalue weighted by atomic mass is 10.2. The fraction of sp³-hybridized carbons (Fsp3) is 0. The van der Waals surface area contributed by atoms with Gasteiger partial charge in [-0.1, -0.05) is 6.07 Å². The third kappa shape index (κ3) is 3.97. The van der Waals surface area contributed by atoms with E-state index in [1.54, 1.807) is 53.1 Å². The van der Waals surface area contributed by atoms with Crippen LogP contribution in [0, 0.1) is 0 Å². The summed E-state index contributed by atoms with van der Waals surface area (Å²) >= 11 is 3.02. The Labute approximate surface area is 162 Å². The molecule has 134 valence electrons. The Balaban J connectivity index is 1.39. The van der Waals surface area contributed by atoms with E-state index >= 15 is 0 Å². The van der Waals surface area contributed by atoms with Gasteiger partial charge in [-0.3, -0.25) is 9.59 Å². The van der Waals surface area contributed by atoms with Crippen molar-refractivity contribution in [3.63, 3.8) is 0 Å². The van der Waals surface area contributed by atoms with Gasteiger partial charge in [0.05, 0.1) is 11.1 Å². The molecule has 3 heterocycles. The van der Waals surface area contributed by atoms with Crippen LogP contribution in [0.1, 0.15) is 21.0 Å². The van der Waals surface area contributed by atoms with E-state index in [2.05, 4.69) is 15.6 Å². The first kappa shape index (κ1) is 17.2. The molecule has 0 radical (unpaired) electrons. The van der Waals surface area contributed by atoms with E-state index in [0.717, 1.165) is 9.88 Å². The molecule has 8 heteroatoms. The average Bonchev–Trinajstić information content (AvgIpc) is 3.43. The number of furan rings is 1. The number of hydrogen-bond donors (Lipinski definition) is 2. The summed E-state index contributed by atoms with van der Waals surface area (Å²) in [6.45, 7) is 0. The number of nitrogens with zero attached hydrogens (tertiary/aromatic N) is 1. The van der Waals surface area contributed by atoms with Crippen molar-refractivity contribution in [1.29, 1.82) is 0 Å². The zero-order chi connectivity index (χ0) is 18.6. The molecule has 0 bridgehead atoms. The highest BCUT2D eigenvalue weighted by atomic mass is 32.1. The third-order valence-corrected chi connectivity index (χ3v) is 5.50. The standard InChI is InChI=1S/C19H13N3O3S2/c23-17(14-11-27-19(22-14)16-4-2-10-26-16)20-12-5-7-13(8-6-12)21-18(24)15-3-1-9-25-15/h1-11H,(H,20,23)(H,21,24). The van der Waals surface area contributed by atoms with Crippen LogP contribution >= 0.6 is 22.7 Å². The van der Waals surface area contributed by atoms with Crippen LogP contribution in [0.25, 0.3) is 9.88 Å². The number of thiazole rings is 1. The number of benzene rings is 1. The summed E-state index contributed by atoms with van der Waals surface area (Å²) in [4.78, 5) is 29.7. The van der Waals surface area contributed by atoms with Crippen molar-refractivity contribution in [2.75, 3.05) is 10.6 Å². The predicted molar refractivity (Wildman–Crippen MR) is 106 cm³/mol. The molecule has 1 aromatic carbocycles. The van der Waals surface area contributed by atoms with Crippen LogP contribution in [0.3, 0.4) is 0 Å². The molecule has 0 atom stereocenters. The number of nitrogens with one attached hydrogen (secondary N) is 2. The van der Waals surface area contributed by atoms with Crippen molar-refractivity contribution >= 4 is 45.9 Å². The molecule has 2 amide bonds. The molecule has 2 N–H and O–H groups in total. The van der Waals surface area contributed by atoms with Gasteiger partial charge in [0.15, 0.2) is 5.76 Å².